The summed E-state index contributed by atoms with van der Waals surface area (Å²) in [4.78, 5) is 2.22. The SMILES string of the molecule is COCC[N+](C)(C)CCN(C)C.[Cl-]. The Bertz CT molecular complexity index is 118. The van der Waals surface area contributed by atoms with Crippen LogP contribution in [0.4, 0.5) is 0 Å². The van der Waals surface area contributed by atoms with Crippen LogP contribution in [0.3, 0.4) is 0 Å². The van der Waals surface area contributed by atoms with Gasteiger partial charge in [-0.05, 0) is 14.1 Å². The van der Waals surface area contributed by atoms with Gasteiger partial charge in [0.2, 0.25) is 0 Å². The lowest BCUT2D eigenvalue weighted by molar-refractivity contribution is -0.890. The molecule has 0 heterocycles. The van der Waals surface area contributed by atoms with E-state index in [2.05, 4.69) is 33.1 Å². The molecule has 0 fully saturated rings. The minimum Gasteiger partial charge on any atom is -1.00 e. The summed E-state index contributed by atoms with van der Waals surface area (Å²) in [6, 6.07) is 0. The van der Waals surface area contributed by atoms with Gasteiger partial charge in [0, 0.05) is 13.7 Å². The molecule has 0 aromatic carbocycles. The van der Waals surface area contributed by atoms with Gasteiger partial charge in [0.15, 0.2) is 0 Å². The third kappa shape index (κ3) is 10.1. The summed E-state index contributed by atoms with van der Waals surface area (Å²) >= 11 is 0. The Balaban J connectivity index is 0. The van der Waals surface area contributed by atoms with Crippen molar-refractivity contribution in [3.63, 3.8) is 0 Å². The number of ether oxygens (including phenoxy) is 1. The molecule has 13 heavy (non-hydrogen) atoms. The van der Waals surface area contributed by atoms with Gasteiger partial charge in [0.1, 0.15) is 6.54 Å². The van der Waals surface area contributed by atoms with Crippen LogP contribution in [0.5, 0.6) is 0 Å². The maximum atomic E-state index is 5.06. The summed E-state index contributed by atoms with van der Waals surface area (Å²) in [5.41, 5.74) is 0. The van der Waals surface area contributed by atoms with E-state index in [-0.39, 0.29) is 12.4 Å². The molecule has 0 amide bonds. The van der Waals surface area contributed by atoms with E-state index in [9.17, 15) is 0 Å². The predicted octanol–water partition coefficient (Wildman–Crippen LogP) is -2.73. The average molecular weight is 211 g/mol. The fourth-order valence-corrected chi connectivity index (χ4v) is 0.921. The van der Waals surface area contributed by atoms with Crippen molar-refractivity contribution in [2.75, 3.05) is 61.5 Å². The van der Waals surface area contributed by atoms with Crippen LogP contribution in [-0.4, -0.2) is 70.9 Å². The average Bonchev–Trinajstić information content (AvgIpc) is 1.98. The minimum absolute atomic E-state index is 0. The molecule has 0 rings (SSSR count). The highest BCUT2D eigenvalue weighted by Gasteiger charge is 2.13. The van der Waals surface area contributed by atoms with Crippen molar-refractivity contribution < 1.29 is 21.6 Å². The molecule has 82 valence electrons. The summed E-state index contributed by atoms with van der Waals surface area (Å²) in [6.07, 6.45) is 0. The van der Waals surface area contributed by atoms with Gasteiger partial charge in [-0.2, -0.15) is 0 Å². The lowest BCUT2D eigenvalue weighted by Crippen LogP contribution is -3.00. The highest BCUT2D eigenvalue weighted by Crippen LogP contribution is 1.96. The maximum Gasteiger partial charge on any atom is 0.102 e. The molecule has 0 unspecified atom stereocenters. The lowest BCUT2D eigenvalue weighted by atomic mass is 10.4. The van der Waals surface area contributed by atoms with E-state index >= 15 is 0 Å². The van der Waals surface area contributed by atoms with Gasteiger partial charge >= 0.3 is 0 Å². The summed E-state index contributed by atoms with van der Waals surface area (Å²) in [5, 5.41) is 0. The maximum absolute atomic E-state index is 5.06. The molecule has 0 saturated carbocycles. The van der Waals surface area contributed by atoms with Crippen molar-refractivity contribution in [3.8, 4) is 0 Å². The number of rotatable bonds is 6. The predicted molar refractivity (Wildman–Crippen MR) is 52.3 cm³/mol. The second-order valence-electron chi connectivity index (χ2n) is 4.18. The quantitative estimate of drug-likeness (QED) is 0.442. The van der Waals surface area contributed by atoms with Crippen molar-refractivity contribution in [3.05, 3.63) is 0 Å². The number of halogens is 1. The summed E-state index contributed by atoms with van der Waals surface area (Å²) in [6.45, 7) is 4.25. The molecule has 0 aliphatic heterocycles. The van der Waals surface area contributed by atoms with Gasteiger partial charge in [-0.25, -0.2) is 0 Å². The fraction of sp³-hybridized carbons (Fsp3) is 1.00. The molecule has 0 aromatic heterocycles. The van der Waals surface area contributed by atoms with Gasteiger partial charge in [-0.1, -0.05) is 0 Å². The summed E-state index contributed by atoms with van der Waals surface area (Å²) in [5.74, 6) is 0. The third-order valence-corrected chi connectivity index (χ3v) is 2.05. The van der Waals surface area contributed by atoms with Crippen LogP contribution in [0.2, 0.25) is 0 Å². The molecule has 3 nitrogen and oxygen atoms in total. The molecule has 0 saturated heterocycles. The number of methoxy groups -OCH3 is 1. The van der Waals surface area contributed by atoms with Crippen LogP contribution in [0, 0.1) is 0 Å². The zero-order chi connectivity index (χ0) is 9.61. The summed E-state index contributed by atoms with van der Waals surface area (Å²) < 4.78 is 6.09. The molecule has 0 aromatic rings. The van der Waals surface area contributed by atoms with Crippen LogP contribution >= 0.6 is 0 Å². The Labute approximate surface area is 88.7 Å². The minimum atomic E-state index is 0. The summed E-state index contributed by atoms with van der Waals surface area (Å²) in [7, 11) is 10.4. The Kier molecular flexibility index (Phi) is 9.09. The zero-order valence-corrected chi connectivity index (χ0v) is 10.3. The molecule has 4 heteroatoms. The monoisotopic (exact) mass is 210 g/mol. The zero-order valence-electron chi connectivity index (χ0n) is 9.51. The molecule has 0 radical (unpaired) electrons. The van der Waals surface area contributed by atoms with Gasteiger partial charge in [0.05, 0.1) is 27.2 Å². The largest absolute Gasteiger partial charge is 1.00 e. The second kappa shape index (κ2) is 7.56. The smallest absolute Gasteiger partial charge is 0.102 e. The van der Waals surface area contributed by atoms with Crippen LogP contribution in [0.15, 0.2) is 0 Å². The number of quaternary nitrogens is 1. The Morgan fingerprint density at radius 3 is 2.08 bits per heavy atom. The lowest BCUT2D eigenvalue weighted by Gasteiger charge is -2.30. The molecular formula is C9H23ClN2O. The Morgan fingerprint density at radius 1 is 1.15 bits per heavy atom. The van der Waals surface area contributed by atoms with Crippen molar-refractivity contribution in [1.82, 2.24) is 4.90 Å². The van der Waals surface area contributed by atoms with Crippen molar-refractivity contribution in [1.29, 1.82) is 0 Å². The van der Waals surface area contributed by atoms with E-state index < -0.39 is 0 Å². The van der Waals surface area contributed by atoms with Crippen LogP contribution in [-0.2, 0) is 4.74 Å². The van der Waals surface area contributed by atoms with Gasteiger partial charge in [-0.3, -0.25) is 0 Å². The van der Waals surface area contributed by atoms with E-state index in [1.165, 1.54) is 6.54 Å². The first-order chi connectivity index (χ1) is 5.48. The molecule has 0 aliphatic rings. The van der Waals surface area contributed by atoms with Crippen LogP contribution in [0.1, 0.15) is 0 Å². The molecule has 0 spiro atoms. The van der Waals surface area contributed by atoms with Crippen molar-refractivity contribution in [2.45, 2.75) is 0 Å². The first-order valence-electron chi connectivity index (χ1n) is 4.43. The molecule has 0 bridgehead atoms. The normalized spacial score (nSPS) is 11.5. The van der Waals surface area contributed by atoms with Gasteiger partial charge < -0.3 is 26.5 Å². The van der Waals surface area contributed by atoms with Crippen molar-refractivity contribution in [2.24, 2.45) is 0 Å². The number of hydrogen-bond acceptors (Lipinski definition) is 2. The molecule has 0 aliphatic carbocycles. The Morgan fingerprint density at radius 2 is 1.69 bits per heavy atom. The van der Waals surface area contributed by atoms with E-state index in [0.29, 0.717) is 0 Å². The van der Waals surface area contributed by atoms with E-state index in [0.717, 1.165) is 24.2 Å². The second-order valence-corrected chi connectivity index (χ2v) is 4.18. The number of hydrogen-bond donors (Lipinski definition) is 0. The highest BCUT2D eigenvalue weighted by atomic mass is 35.5. The first kappa shape index (κ1) is 15.6. The Hall–Kier alpha value is 0.170. The topological polar surface area (TPSA) is 12.5 Å². The standard InChI is InChI=1S/C9H23N2O.ClH/c1-10(2)6-7-11(3,4)8-9-12-5;/h6-9H2,1-5H3;1H/q+1;/p-1. The van der Waals surface area contributed by atoms with E-state index in [4.69, 9.17) is 4.74 Å². The first-order valence-corrected chi connectivity index (χ1v) is 4.43. The fourth-order valence-electron chi connectivity index (χ4n) is 0.921. The van der Waals surface area contributed by atoms with E-state index in [1.807, 2.05) is 0 Å². The van der Waals surface area contributed by atoms with Crippen LogP contribution in [0.25, 0.3) is 0 Å². The molecule has 0 N–H and O–H groups in total. The third-order valence-electron chi connectivity index (χ3n) is 2.05. The molecular weight excluding hydrogens is 188 g/mol. The van der Waals surface area contributed by atoms with E-state index in [1.54, 1.807) is 7.11 Å². The highest BCUT2D eigenvalue weighted by molar-refractivity contribution is 4.41. The van der Waals surface area contributed by atoms with Crippen LogP contribution < -0.4 is 12.4 Å². The molecule has 0 atom stereocenters. The number of likely N-dealkylation sites (N-methyl/N-ethyl adjacent to an activating group) is 2. The van der Waals surface area contributed by atoms with Gasteiger partial charge in [0.25, 0.3) is 0 Å². The van der Waals surface area contributed by atoms with Crippen molar-refractivity contribution >= 4 is 0 Å². The van der Waals surface area contributed by atoms with Gasteiger partial charge in [-0.15, -0.1) is 0 Å². The number of nitrogens with zero attached hydrogens (tertiary/aromatic N) is 2.